The number of para-hydroxylation sites is 2. The summed E-state index contributed by atoms with van der Waals surface area (Å²) in [5, 5.41) is 0. The first-order chi connectivity index (χ1) is 12.5. The van der Waals surface area contributed by atoms with Crippen molar-refractivity contribution < 1.29 is 19.1 Å². The molecule has 26 heavy (non-hydrogen) atoms. The van der Waals surface area contributed by atoms with Crippen LogP contribution >= 0.6 is 0 Å². The Morgan fingerprint density at radius 2 is 1.65 bits per heavy atom. The third kappa shape index (κ3) is 5.24. The lowest BCUT2D eigenvalue weighted by Crippen LogP contribution is -2.47. The fraction of sp³-hybridized carbons (Fsp3) is 0.300. The quantitative estimate of drug-likeness (QED) is 0.748. The lowest BCUT2D eigenvalue weighted by atomic mass is 10.2. The van der Waals surface area contributed by atoms with Crippen LogP contribution in [0, 0.1) is 6.92 Å². The monoisotopic (exact) mass is 356 g/mol. The molecule has 0 fully saturated rings. The number of hydrazine groups is 1. The Labute approximate surface area is 153 Å². The third-order valence-electron chi connectivity index (χ3n) is 3.66. The van der Waals surface area contributed by atoms with Crippen molar-refractivity contribution in [2.75, 3.05) is 6.61 Å². The van der Waals surface area contributed by atoms with Gasteiger partial charge in [-0.1, -0.05) is 37.3 Å². The van der Waals surface area contributed by atoms with Gasteiger partial charge in [-0.2, -0.15) is 0 Å². The molecule has 0 aliphatic carbocycles. The van der Waals surface area contributed by atoms with Crippen LogP contribution in [0.25, 0.3) is 0 Å². The first-order valence-corrected chi connectivity index (χ1v) is 8.57. The molecule has 1 atom stereocenters. The Morgan fingerprint density at radius 3 is 2.35 bits per heavy atom. The van der Waals surface area contributed by atoms with Gasteiger partial charge in [0.05, 0.1) is 12.2 Å². The van der Waals surface area contributed by atoms with Crippen LogP contribution in [0.3, 0.4) is 0 Å². The maximum Gasteiger partial charge on any atom is 0.279 e. The lowest BCUT2D eigenvalue weighted by molar-refractivity contribution is -0.128. The molecule has 0 radical (unpaired) electrons. The summed E-state index contributed by atoms with van der Waals surface area (Å²) in [5.41, 5.74) is 6.07. The van der Waals surface area contributed by atoms with Crippen molar-refractivity contribution in [1.29, 1.82) is 0 Å². The van der Waals surface area contributed by atoms with Crippen molar-refractivity contribution in [3.63, 3.8) is 0 Å². The highest BCUT2D eigenvalue weighted by Crippen LogP contribution is 2.19. The summed E-state index contributed by atoms with van der Waals surface area (Å²) in [6.07, 6.45) is 0.0727. The van der Waals surface area contributed by atoms with Crippen molar-refractivity contribution in [2.45, 2.75) is 33.3 Å². The highest BCUT2D eigenvalue weighted by atomic mass is 16.5. The summed E-state index contributed by atoms with van der Waals surface area (Å²) in [6, 6.07) is 14.3. The summed E-state index contributed by atoms with van der Waals surface area (Å²) in [7, 11) is 0. The minimum Gasteiger partial charge on any atom is -0.493 e. The predicted octanol–water partition coefficient (Wildman–Crippen LogP) is 3.01. The van der Waals surface area contributed by atoms with Crippen molar-refractivity contribution in [1.82, 2.24) is 10.9 Å². The van der Waals surface area contributed by atoms with E-state index in [0.29, 0.717) is 23.7 Å². The Bertz CT molecular complexity index is 761. The topological polar surface area (TPSA) is 76.7 Å². The largest absolute Gasteiger partial charge is 0.493 e. The van der Waals surface area contributed by atoms with Crippen molar-refractivity contribution in [2.24, 2.45) is 0 Å². The zero-order valence-electron chi connectivity index (χ0n) is 15.2. The van der Waals surface area contributed by atoms with Gasteiger partial charge in [-0.3, -0.25) is 20.4 Å². The first kappa shape index (κ1) is 19.3. The fourth-order valence-electron chi connectivity index (χ4n) is 2.21. The highest BCUT2D eigenvalue weighted by molar-refractivity contribution is 5.98. The SMILES string of the molecule is CCCOc1ccccc1C(=O)NNC(=O)C(C)Oc1ccccc1C. The molecular formula is C20H24N2O4. The van der Waals surface area contributed by atoms with E-state index < -0.39 is 17.9 Å². The van der Waals surface area contributed by atoms with Crippen LogP contribution in [0.4, 0.5) is 0 Å². The zero-order chi connectivity index (χ0) is 18.9. The van der Waals surface area contributed by atoms with Gasteiger partial charge in [0.1, 0.15) is 11.5 Å². The predicted molar refractivity (Wildman–Crippen MR) is 99.1 cm³/mol. The molecule has 2 aromatic rings. The van der Waals surface area contributed by atoms with Crippen LogP contribution in [-0.2, 0) is 4.79 Å². The Morgan fingerprint density at radius 1 is 1.00 bits per heavy atom. The van der Waals surface area contributed by atoms with E-state index >= 15 is 0 Å². The zero-order valence-corrected chi connectivity index (χ0v) is 15.2. The molecule has 0 aliphatic rings. The molecule has 0 spiro atoms. The van der Waals surface area contributed by atoms with Gasteiger partial charge in [0.2, 0.25) is 0 Å². The summed E-state index contributed by atoms with van der Waals surface area (Å²) >= 11 is 0. The maximum atomic E-state index is 12.3. The lowest BCUT2D eigenvalue weighted by Gasteiger charge is -2.17. The number of carbonyl (C=O) groups is 2. The van der Waals surface area contributed by atoms with Gasteiger partial charge < -0.3 is 9.47 Å². The van der Waals surface area contributed by atoms with Crippen LogP contribution in [0.1, 0.15) is 36.2 Å². The van der Waals surface area contributed by atoms with Gasteiger partial charge in [-0.05, 0) is 44.0 Å². The van der Waals surface area contributed by atoms with Crippen LogP contribution in [0.2, 0.25) is 0 Å². The number of amides is 2. The third-order valence-corrected chi connectivity index (χ3v) is 3.66. The smallest absolute Gasteiger partial charge is 0.279 e. The van der Waals surface area contributed by atoms with E-state index in [-0.39, 0.29) is 0 Å². The van der Waals surface area contributed by atoms with E-state index in [9.17, 15) is 9.59 Å². The van der Waals surface area contributed by atoms with E-state index in [4.69, 9.17) is 9.47 Å². The number of hydrogen-bond donors (Lipinski definition) is 2. The second-order valence-corrected chi connectivity index (χ2v) is 5.81. The molecule has 0 bridgehead atoms. The van der Waals surface area contributed by atoms with Gasteiger partial charge in [0, 0.05) is 0 Å². The van der Waals surface area contributed by atoms with E-state index in [2.05, 4.69) is 10.9 Å². The van der Waals surface area contributed by atoms with Crippen molar-refractivity contribution in [3.8, 4) is 11.5 Å². The summed E-state index contributed by atoms with van der Waals surface area (Å²) < 4.78 is 11.2. The molecule has 0 saturated carbocycles. The molecule has 6 heteroatoms. The van der Waals surface area contributed by atoms with Crippen LogP contribution < -0.4 is 20.3 Å². The minimum absolute atomic E-state index is 0.355. The Hall–Kier alpha value is -3.02. The molecule has 1 unspecified atom stereocenters. The standard InChI is InChI=1S/C20H24N2O4/c1-4-13-25-18-12-8-6-10-16(18)20(24)22-21-19(23)15(3)26-17-11-7-5-9-14(17)2/h5-12,15H,4,13H2,1-3H3,(H,21,23)(H,22,24). The van der Waals surface area contributed by atoms with Crippen molar-refractivity contribution in [3.05, 3.63) is 59.7 Å². The van der Waals surface area contributed by atoms with Gasteiger partial charge in [-0.25, -0.2) is 0 Å². The van der Waals surface area contributed by atoms with E-state index in [1.54, 1.807) is 37.3 Å². The van der Waals surface area contributed by atoms with Crippen LogP contribution in [0.5, 0.6) is 11.5 Å². The molecule has 138 valence electrons. The minimum atomic E-state index is -0.761. The van der Waals surface area contributed by atoms with Gasteiger partial charge in [-0.15, -0.1) is 0 Å². The number of rotatable bonds is 7. The number of aryl methyl sites for hydroxylation is 1. The molecule has 2 rings (SSSR count). The molecule has 0 aromatic heterocycles. The Kier molecular flexibility index (Phi) is 7.02. The number of carbonyl (C=O) groups excluding carboxylic acids is 2. The van der Waals surface area contributed by atoms with Gasteiger partial charge in [0.15, 0.2) is 6.10 Å². The number of benzene rings is 2. The molecule has 0 aliphatic heterocycles. The normalized spacial score (nSPS) is 11.3. The first-order valence-electron chi connectivity index (χ1n) is 8.57. The van der Waals surface area contributed by atoms with Gasteiger partial charge in [0.25, 0.3) is 11.8 Å². The fourth-order valence-corrected chi connectivity index (χ4v) is 2.21. The summed E-state index contributed by atoms with van der Waals surface area (Å²) in [4.78, 5) is 24.5. The number of ether oxygens (including phenoxy) is 2. The van der Waals surface area contributed by atoms with E-state index in [1.807, 2.05) is 32.0 Å². The molecular weight excluding hydrogens is 332 g/mol. The number of hydrogen-bond acceptors (Lipinski definition) is 4. The second-order valence-electron chi connectivity index (χ2n) is 5.81. The maximum absolute atomic E-state index is 12.3. The van der Waals surface area contributed by atoms with Gasteiger partial charge >= 0.3 is 0 Å². The molecule has 2 N–H and O–H groups in total. The average Bonchev–Trinajstić information content (AvgIpc) is 2.66. The van der Waals surface area contributed by atoms with E-state index in [1.165, 1.54) is 0 Å². The molecule has 2 amide bonds. The molecule has 0 saturated heterocycles. The average molecular weight is 356 g/mol. The summed E-state index contributed by atoms with van der Waals surface area (Å²) in [6.45, 7) is 6.01. The summed E-state index contributed by atoms with van der Waals surface area (Å²) in [5.74, 6) is 0.201. The molecule has 6 nitrogen and oxygen atoms in total. The molecule has 2 aromatic carbocycles. The van der Waals surface area contributed by atoms with E-state index in [0.717, 1.165) is 12.0 Å². The number of nitrogens with one attached hydrogen (secondary N) is 2. The molecule has 0 heterocycles. The van der Waals surface area contributed by atoms with Crippen molar-refractivity contribution >= 4 is 11.8 Å². The highest BCUT2D eigenvalue weighted by Gasteiger charge is 2.18. The second kappa shape index (κ2) is 9.46. The van der Waals surface area contributed by atoms with Crippen LogP contribution in [-0.4, -0.2) is 24.5 Å². The Balaban J connectivity index is 1.92. The van der Waals surface area contributed by atoms with Crippen LogP contribution in [0.15, 0.2) is 48.5 Å².